The number of carbonyl (C=O) groups excluding carboxylic acids is 3. The SMILES string of the molecule is CCCCCCCCCCCCCCCCCCOC(=O)CC[C@H](NC(=O)OCCCN(C)C)C(=O)OCCCCCCCCCCCCCCCCCC. The van der Waals surface area contributed by atoms with Crippen LogP contribution in [0.1, 0.15) is 239 Å². The summed E-state index contributed by atoms with van der Waals surface area (Å²) in [6.07, 6.45) is 41.6. The first-order valence-electron chi connectivity index (χ1n) is 23.8. The molecule has 0 aromatic rings. The summed E-state index contributed by atoms with van der Waals surface area (Å²) in [6, 6.07) is -0.939. The molecule has 0 saturated heterocycles. The summed E-state index contributed by atoms with van der Waals surface area (Å²) < 4.78 is 16.3. The average molecular weight is 781 g/mol. The van der Waals surface area contributed by atoms with Gasteiger partial charge in [0, 0.05) is 13.0 Å². The van der Waals surface area contributed by atoms with E-state index >= 15 is 0 Å². The fourth-order valence-corrected chi connectivity index (χ4v) is 7.07. The van der Waals surface area contributed by atoms with Crippen molar-refractivity contribution in [2.45, 2.75) is 245 Å². The molecular weight excluding hydrogens is 689 g/mol. The summed E-state index contributed by atoms with van der Waals surface area (Å²) in [7, 11) is 3.93. The predicted octanol–water partition coefficient (Wildman–Crippen LogP) is 13.4. The molecule has 55 heavy (non-hydrogen) atoms. The summed E-state index contributed by atoms with van der Waals surface area (Å²) >= 11 is 0. The van der Waals surface area contributed by atoms with Gasteiger partial charge in [0.2, 0.25) is 0 Å². The fourth-order valence-electron chi connectivity index (χ4n) is 7.07. The minimum atomic E-state index is -0.939. The van der Waals surface area contributed by atoms with E-state index in [-0.39, 0.29) is 25.4 Å². The minimum Gasteiger partial charge on any atom is -0.466 e. The Morgan fingerprint density at radius 3 is 1.13 bits per heavy atom. The molecule has 8 nitrogen and oxygen atoms in total. The maximum Gasteiger partial charge on any atom is 0.407 e. The van der Waals surface area contributed by atoms with Gasteiger partial charge >= 0.3 is 18.0 Å². The van der Waals surface area contributed by atoms with Crippen LogP contribution in [-0.2, 0) is 23.8 Å². The van der Waals surface area contributed by atoms with Crippen LogP contribution in [0, 0.1) is 0 Å². The highest BCUT2D eigenvalue weighted by atomic mass is 16.6. The van der Waals surface area contributed by atoms with Crippen molar-refractivity contribution in [1.82, 2.24) is 10.2 Å². The number of hydrogen-bond donors (Lipinski definition) is 1. The van der Waals surface area contributed by atoms with Crippen molar-refractivity contribution < 1.29 is 28.6 Å². The van der Waals surface area contributed by atoms with Gasteiger partial charge in [0.25, 0.3) is 0 Å². The third-order valence-corrected chi connectivity index (χ3v) is 10.7. The molecule has 1 N–H and O–H groups in total. The number of esters is 2. The molecule has 1 amide bonds. The fraction of sp³-hybridized carbons (Fsp3) is 0.936. The Morgan fingerprint density at radius 2 is 0.764 bits per heavy atom. The quantitative estimate of drug-likeness (QED) is 0.0374. The molecule has 0 spiro atoms. The number of nitrogens with one attached hydrogen (secondary N) is 1. The molecule has 0 radical (unpaired) electrons. The molecule has 0 heterocycles. The van der Waals surface area contributed by atoms with Crippen LogP contribution in [0.5, 0.6) is 0 Å². The van der Waals surface area contributed by atoms with Crippen LogP contribution in [0.3, 0.4) is 0 Å². The highest BCUT2D eigenvalue weighted by Crippen LogP contribution is 2.16. The monoisotopic (exact) mass is 781 g/mol. The lowest BCUT2D eigenvalue weighted by molar-refractivity contribution is -0.147. The van der Waals surface area contributed by atoms with E-state index in [1.807, 2.05) is 19.0 Å². The molecule has 0 fully saturated rings. The van der Waals surface area contributed by atoms with Gasteiger partial charge in [-0.25, -0.2) is 9.59 Å². The molecule has 0 bridgehead atoms. The van der Waals surface area contributed by atoms with Gasteiger partial charge in [-0.2, -0.15) is 0 Å². The van der Waals surface area contributed by atoms with Crippen LogP contribution in [0.4, 0.5) is 4.79 Å². The Balaban J connectivity index is 4.09. The lowest BCUT2D eigenvalue weighted by Crippen LogP contribution is -2.42. The van der Waals surface area contributed by atoms with E-state index in [2.05, 4.69) is 19.2 Å². The van der Waals surface area contributed by atoms with Crippen molar-refractivity contribution in [2.75, 3.05) is 40.5 Å². The molecule has 326 valence electrons. The van der Waals surface area contributed by atoms with Crippen LogP contribution < -0.4 is 5.32 Å². The van der Waals surface area contributed by atoms with Crippen LogP contribution in [-0.4, -0.2) is 69.4 Å². The topological polar surface area (TPSA) is 94.2 Å². The first kappa shape index (κ1) is 53.2. The molecule has 0 aliphatic heterocycles. The van der Waals surface area contributed by atoms with Crippen LogP contribution >= 0.6 is 0 Å². The largest absolute Gasteiger partial charge is 0.466 e. The van der Waals surface area contributed by atoms with Gasteiger partial charge in [0.05, 0.1) is 19.8 Å². The zero-order valence-electron chi connectivity index (χ0n) is 37.1. The van der Waals surface area contributed by atoms with E-state index in [0.29, 0.717) is 19.6 Å². The number of ether oxygens (including phenoxy) is 3. The minimum absolute atomic E-state index is 0.0403. The summed E-state index contributed by atoms with van der Waals surface area (Å²) in [5, 5.41) is 2.64. The van der Waals surface area contributed by atoms with Gasteiger partial charge in [0.1, 0.15) is 6.04 Å². The zero-order valence-corrected chi connectivity index (χ0v) is 37.1. The van der Waals surface area contributed by atoms with Crippen LogP contribution in [0.25, 0.3) is 0 Å². The summed E-state index contributed by atoms with van der Waals surface area (Å²) in [6.45, 7) is 6.31. The van der Waals surface area contributed by atoms with E-state index in [4.69, 9.17) is 14.2 Å². The molecule has 0 aromatic heterocycles. The maximum absolute atomic E-state index is 12.9. The number of unbranched alkanes of at least 4 members (excludes halogenated alkanes) is 30. The average Bonchev–Trinajstić information content (AvgIpc) is 3.17. The second-order valence-electron chi connectivity index (χ2n) is 16.5. The molecule has 1 atom stereocenters. The van der Waals surface area contributed by atoms with Gasteiger partial charge in [-0.05, 0) is 39.8 Å². The van der Waals surface area contributed by atoms with E-state index in [1.54, 1.807) is 0 Å². The van der Waals surface area contributed by atoms with Crippen LogP contribution in [0.15, 0.2) is 0 Å². The Morgan fingerprint density at radius 1 is 0.436 bits per heavy atom. The molecule has 8 heteroatoms. The van der Waals surface area contributed by atoms with Crippen molar-refractivity contribution in [3.63, 3.8) is 0 Å². The van der Waals surface area contributed by atoms with E-state index in [0.717, 1.165) is 38.6 Å². The smallest absolute Gasteiger partial charge is 0.407 e. The van der Waals surface area contributed by atoms with Crippen molar-refractivity contribution in [3.8, 4) is 0 Å². The molecule has 0 saturated carbocycles. The Bertz CT molecular complexity index is 838. The third kappa shape index (κ3) is 41.6. The van der Waals surface area contributed by atoms with Gasteiger partial charge in [-0.1, -0.05) is 206 Å². The molecule has 0 rings (SSSR count). The first-order chi connectivity index (χ1) is 26.9. The first-order valence-corrected chi connectivity index (χ1v) is 23.8. The summed E-state index contributed by atoms with van der Waals surface area (Å²) in [4.78, 5) is 39.9. The third-order valence-electron chi connectivity index (χ3n) is 10.7. The Kier molecular flexibility index (Phi) is 41.9. The number of nitrogens with zero attached hydrogens (tertiary/aromatic N) is 1. The second kappa shape index (κ2) is 43.3. The van der Waals surface area contributed by atoms with Crippen molar-refractivity contribution in [2.24, 2.45) is 0 Å². The van der Waals surface area contributed by atoms with Crippen molar-refractivity contribution >= 4 is 18.0 Å². The number of alkyl carbamates (subject to hydrolysis) is 1. The van der Waals surface area contributed by atoms with Crippen molar-refractivity contribution in [3.05, 3.63) is 0 Å². The second-order valence-corrected chi connectivity index (χ2v) is 16.5. The summed E-state index contributed by atoms with van der Waals surface area (Å²) in [5.41, 5.74) is 0. The molecular formula is C47H92N2O6. The molecule has 0 unspecified atom stereocenters. The number of carbonyl (C=O) groups is 3. The van der Waals surface area contributed by atoms with Gasteiger partial charge in [-0.15, -0.1) is 0 Å². The highest BCUT2D eigenvalue weighted by Gasteiger charge is 2.24. The van der Waals surface area contributed by atoms with Crippen molar-refractivity contribution in [1.29, 1.82) is 0 Å². The normalized spacial score (nSPS) is 11.9. The van der Waals surface area contributed by atoms with Gasteiger partial charge in [0.15, 0.2) is 0 Å². The molecule has 0 aliphatic rings. The zero-order chi connectivity index (χ0) is 40.3. The molecule has 0 aromatic carbocycles. The van der Waals surface area contributed by atoms with E-state index in [9.17, 15) is 14.4 Å². The van der Waals surface area contributed by atoms with E-state index < -0.39 is 18.1 Å². The van der Waals surface area contributed by atoms with Crippen LogP contribution in [0.2, 0.25) is 0 Å². The summed E-state index contributed by atoms with van der Waals surface area (Å²) in [5.74, 6) is -0.866. The standard InChI is InChI=1S/C47H92N2O6/c1-5-7-9-11-13-15-17-19-21-23-25-27-29-31-33-35-41-53-45(50)39-38-44(48-47(52)55-43-37-40-49(3)4)46(51)54-42-36-34-32-30-28-26-24-22-20-18-16-14-12-10-8-6-2/h44H,5-43H2,1-4H3,(H,48,52)/t44-/m0/s1. The lowest BCUT2D eigenvalue weighted by atomic mass is 10.0. The Labute approximate surface area is 341 Å². The van der Waals surface area contributed by atoms with Gasteiger partial charge < -0.3 is 24.4 Å². The Hall–Kier alpha value is -1.83. The lowest BCUT2D eigenvalue weighted by Gasteiger charge is -2.18. The maximum atomic E-state index is 12.9. The number of rotatable bonds is 43. The predicted molar refractivity (Wildman–Crippen MR) is 232 cm³/mol. The highest BCUT2D eigenvalue weighted by molar-refractivity contribution is 5.82. The number of amides is 1. The van der Waals surface area contributed by atoms with Gasteiger partial charge in [-0.3, -0.25) is 4.79 Å². The number of hydrogen-bond acceptors (Lipinski definition) is 7. The molecule has 0 aliphatic carbocycles. The van der Waals surface area contributed by atoms with E-state index in [1.165, 1.54) is 173 Å².